The second-order valence-electron chi connectivity index (χ2n) is 8.23. The maximum absolute atomic E-state index is 13.5. The number of benzene rings is 2. The predicted molar refractivity (Wildman–Crippen MR) is 124 cm³/mol. The fourth-order valence-electron chi connectivity index (χ4n) is 4.51. The third-order valence-electron chi connectivity index (χ3n) is 6.04. The number of aryl methyl sites for hydroxylation is 2. The number of hydrogen-bond acceptors (Lipinski definition) is 5. The smallest absolute Gasteiger partial charge is 0.243 e. The van der Waals surface area contributed by atoms with Gasteiger partial charge in [-0.1, -0.05) is 18.2 Å². The van der Waals surface area contributed by atoms with Gasteiger partial charge in [0.05, 0.1) is 16.3 Å². The molecule has 168 valence electrons. The number of piperazine rings is 1. The minimum Gasteiger partial charge on any atom is -0.369 e. The molecule has 0 saturated carbocycles. The summed E-state index contributed by atoms with van der Waals surface area (Å²) < 4.78 is 54.8. The zero-order valence-electron chi connectivity index (χ0n) is 18.0. The van der Waals surface area contributed by atoms with E-state index in [4.69, 9.17) is 0 Å². The van der Waals surface area contributed by atoms with Gasteiger partial charge < -0.3 is 4.90 Å². The molecule has 0 aliphatic carbocycles. The molecule has 2 aromatic rings. The molecule has 2 saturated heterocycles. The maximum Gasteiger partial charge on any atom is 0.243 e. The van der Waals surface area contributed by atoms with E-state index in [-0.39, 0.29) is 5.75 Å². The zero-order valence-corrected chi connectivity index (χ0v) is 19.6. The van der Waals surface area contributed by atoms with Crippen LogP contribution in [0.25, 0.3) is 0 Å². The average Bonchev–Trinajstić information content (AvgIpc) is 2.73. The Morgan fingerprint density at radius 1 is 0.806 bits per heavy atom. The second-order valence-corrected chi connectivity index (χ2v) is 12.1. The van der Waals surface area contributed by atoms with Gasteiger partial charge in [0.25, 0.3) is 0 Å². The van der Waals surface area contributed by atoms with Crippen molar-refractivity contribution >= 4 is 31.4 Å². The van der Waals surface area contributed by atoms with E-state index >= 15 is 0 Å². The molecular formula is C22H29N3O4S2. The van der Waals surface area contributed by atoms with Crippen molar-refractivity contribution in [2.75, 3.05) is 47.7 Å². The fraction of sp³-hybridized carbons (Fsp3) is 0.455. The highest BCUT2D eigenvalue weighted by Crippen LogP contribution is 2.32. The molecule has 31 heavy (non-hydrogen) atoms. The van der Waals surface area contributed by atoms with E-state index < -0.39 is 20.0 Å². The van der Waals surface area contributed by atoms with Gasteiger partial charge in [-0.15, -0.1) is 0 Å². The van der Waals surface area contributed by atoms with Gasteiger partial charge in [0.15, 0.2) is 0 Å². The minimum absolute atomic E-state index is 0.136. The van der Waals surface area contributed by atoms with Gasteiger partial charge >= 0.3 is 0 Å². The summed E-state index contributed by atoms with van der Waals surface area (Å²) in [6.07, 6.45) is 1.47. The van der Waals surface area contributed by atoms with Crippen LogP contribution in [0.5, 0.6) is 0 Å². The van der Waals surface area contributed by atoms with Crippen molar-refractivity contribution < 1.29 is 16.8 Å². The van der Waals surface area contributed by atoms with Gasteiger partial charge in [-0.2, -0.15) is 4.31 Å². The molecule has 0 atom stereocenters. The van der Waals surface area contributed by atoms with Crippen LogP contribution < -0.4 is 9.21 Å². The molecule has 2 aliphatic heterocycles. The summed E-state index contributed by atoms with van der Waals surface area (Å²) in [6, 6.07) is 13.4. The molecule has 0 N–H and O–H groups in total. The molecule has 0 unspecified atom stereocenters. The van der Waals surface area contributed by atoms with E-state index in [2.05, 4.69) is 4.90 Å². The number of hydrogen-bond donors (Lipinski definition) is 0. The van der Waals surface area contributed by atoms with Crippen molar-refractivity contribution in [3.05, 3.63) is 53.6 Å². The van der Waals surface area contributed by atoms with Crippen molar-refractivity contribution in [2.45, 2.75) is 31.6 Å². The lowest BCUT2D eigenvalue weighted by molar-refractivity contribution is 0.384. The van der Waals surface area contributed by atoms with E-state index in [1.54, 1.807) is 30.3 Å². The van der Waals surface area contributed by atoms with Crippen LogP contribution in [0.3, 0.4) is 0 Å². The Hall–Kier alpha value is -2.10. The van der Waals surface area contributed by atoms with Crippen LogP contribution in [-0.4, -0.2) is 59.6 Å². The number of sulfonamides is 2. The summed E-state index contributed by atoms with van der Waals surface area (Å²) in [6.45, 7) is 6.03. The highest BCUT2D eigenvalue weighted by molar-refractivity contribution is 7.92. The van der Waals surface area contributed by atoms with Gasteiger partial charge in [0, 0.05) is 38.4 Å². The summed E-state index contributed by atoms with van der Waals surface area (Å²) in [5, 5.41) is 0. The Balaban J connectivity index is 1.57. The Morgan fingerprint density at radius 2 is 1.42 bits per heavy atom. The first-order valence-electron chi connectivity index (χ1n) is 10.6. The highest BCUT2D eigenvalue weighted by Gasteiger charge is 2.33. The summed E-state index contributed by atoms with van der Waals surface area (Å²) in [4.78, 5) is 2.48. The number of anilines is 2. The molecule has 7 nitrogen and oxygen atoms in total. The molecule has 0 bridgehead atoms. The SMILES string of the molecule is Cc1cc(N2CCCCS2(=O)=O)cc(C)c1S(=O)(=O)N1CCN(c2ccccc2)CC1. The lowest BCUT2D eigenvalue weighted by atomic mass is 10.1. The molecule has 0 aromatic heterocycles. The van der Waals surface area contributed by atoms with Crippen molar-refractivity contribution in [3.63, 3.8) is 0 Å². The first-order valence-corrected chi connectivity index (χ1v) is 13.7. The molecule has 4 rings (SSSR count). The van der Waals surface area contributed by atoms with E-state index in [1.165, 1.54) is 4.31 Å². The zero-order chi connectivity index (χ0) is 22.2. The van der Waals surface area contributed by atoms with Gasteiger partial charge in [-0.25, -0.2) is 16.8 Å². The molecule has 2 fully saturated rings. The Kier molecular flexibility index (Phi) is 6.02. The van der Waals surface area contributed by atoms with Crippen LogP contribution in [0.1, 0.15) is 24.0 Å². The van der Waals surface area contributed by atoms with Crippen molar-refractivity contribution in [1.29, 1.82) is 0 Å². The first kappa shape index (κ1) is 22.1. The van der Waals surface area contributed by atoms with E-state index in [1.807, 2.05) is 30.3 Å². The van der Waals surface area contributed by atoms with Gasteiger partial charge in [-0.3, -0.25) is 4.31 Å². The van der Waals surface area contributed by atoms with Gasteiger partial charge in [-0.05, 0) is 62.1 Å². The van der Waals surface area contributed by atoms with E-state index in [9.17, 15) is 16.8 Å². The summed E-state index contributed by atoms with van der Waals surface area (Å²) in [5.41, 5.74) is 2.82. The summed E-state index contributed by atoms with van der Waals surface area (Å²) >= 11 is 0. The van der Waals surface area contributed by atoms with Crippen molar-refractivity contribution in [2.24, 2.45) is 0 Å². The fourth-order valence-corrected chi connectivity index (χ4v) is 7.97. The molecule has 0 radical (unpaired) electrons. The van der Waals surface area contributed by atoms with Crippen LogP contribution in [0.15, 0.2) is 47.4 Å². The lowest BCUT2D eigenvalue weighted by Crippen LogP contribution is -2.49. The van der Waals surface area contributed by atoms with Gasteiger partial charge in [0.2, 0.25) is 20.0 Å². The Morgan fingerprint density at radius 3 is 2.00 bits per heavy atom. The number of rotatable bonds is 4. The summed E-state index contributed by atoms with van der Waals surface area (Å²) in [7, 11) is -7.01. The van der Waals surface area contributed by atoms with Crippen molar-refractivity contribution in [3.8, 4) is 0 Å². The van der Waals surface area contributed by atoms with Crippen LogP contribution in [0, 0.1) is 13.8 Å². The van der Waals surface area contributed by atoms with Gasteiger partial charge in [0.1, 0.15) is 0 Å². The minimum atomic E-state index is -3.67. The molecule has 9 heteroatoms. The van der Waals surface area contributed by atoms with E-state index in [0.29, 0.717) is 60.9 Å². The van der Waals surface area contributed by atoms with Crippen LogP contribution in [0.4, 0.5) is 11.4 Å². The third-order valence-corrected chi connectivity index (χ3v) is 10.1. The Bertz CT molecular complexity index is 1130. The molecule has 2 aromatic carbocycles. The molecular weight excluding hydrogens is 434 g/mol. The lowest BCUT2D eigenvalue weighted by Gasteiger charge is -2.36. The van der Waals surface area contributed by atoms with Crippen LogP contribution >= 0.6 is 0 Å². The molecule has 0 amide bonds. The molecule has 2 heterocycles. The molecule has 2 aliphatic rings. The molecule has 0 spiro atoms. The monoisotopic (exact) mass is 463 g/mol. The highest BCUT2D eigenvalue weighted by atomic mass is 32.2. The quantitative estimate of drug-likeness (QED) is 0.697. The van der Waals surface area contributed by atoms with E-state index in [0.717, 1.165) is 12.1 Å². The maximum atomic E-state index is 13.5. The van der Waals surface area contributed by atoms with Crippen LogP contribution in [0.2, 0.25) is 0 Å². The second kappa shape index (κ2) is 8.44. The largest absolute Gasteiger partial charge is 0.369 e. The normalized spacial score (nSPS) is 20.1. The standard InChI is InChI=1S/C22H29N3O4S2/c1-18-16-21(25-10-6-7-15-30(25,26)27)17-19(2)22(18)31(28,29)24-13-11-23(12-14-24)20-8-4-3-5-9-20/h3-5,8-9,16-17H,6-7,10-15H2,1-2H3. The van der Waals surface area contributed by atoms with Crippen molar-refractivity contribution in [1.82, 2.24) is 4.31 Å². The van der Waals surface area contributed by atoms with Crippen LogP contribution in [-0.2, 0) is 20.0 Å². The number of nitrogens with zero attached hydrogens (tertiary/aromatic N) is 3. The average molecular weight is 464 g/mol. The third kappa shape index (κ3) is 4.31. The topological polar surface area (TPSA) is 78.0 Å². The first-order chi connectivity index (χ1) is 14.7. The predicted octanol–water partition coefficient (Wildman–Crippen LogP) is 2.74. The summed E-state index contributed by atoms with van der Waals surface area (Å²) in [5.74, 6) is 0.136. The Labute approximate surface area is 185 Å². The number of para-hydroxylation sites is 1.